The highest BCUT2D eigenvalue weighted by atomic mass is 32.2. The van der Waals surface area contributed by atoms with Crippen molar-refractivity contribution in [2.75, 3.05) is 0 Å². The van der Waals surface area contributed by atoms with Gasteiger partial charge in [0.2, 0.25) is 6.71 Å². The second kappa shape index (κ2) is 8.38. The number of rotatable bonds is 2. The normalized spacial score (nSPS) is 14.6. The zero-order valence-corrected chi connectivity index (χ0v) is 23.5. The van der Waals surface area contributed by atoms with Gasteiger partial charge in [-0.3, -0.25) is 0 Å². The molecule has 6 aromatic carbocycles. The number of hydrogen-bond donors (Lipinski definition) is 0. The van der Waals surface area contributed by atoms with Gasteiger partial charge < -0.3 is 4.42 Å². The molecule has 2 aliphatic heterocycles. The van der Waals surface area contributed by atoms with Gasteiger partial charge in [0.15, 0.2) is 8.07 Å². The van der Waals surface area contributed by atoms with Gasteiger partial charge in [-0.25, -0.2) is 0 Å². The third-order valence-electron chi connectivity index (χ3n) is 8.90. The number of para-hydroxylation sites is 1. The lowest BCUT2D eigenvalue weighted by molar-refractivity contribution is 0.661. The van der Waals surface area contributed by atoms with E-state index in [1.54, 1.807) is 0 Å². The molecule has 9 rings (SSSR count). The Morgan fingerprint density at radius 3 is 2.00 bits per heavy atom. The van der Waals surface area contributed by atoms with Crippen LogP contribution in [0.25, 0.3) is 21.9 Å². The van der Waals surface area contributed by atoms with Crippen LogP contribution in [-0.4, -0.2) is 14.8 Å². The van der Waals surface area contributed by atoms with E-state index in [0.29, 0.717) is 0 Å². The summed E-state index contributed by atoms with van der Waals surface area (Å²) in [6.07, 6.45) is 0. The SMILES string of the molecule is c1ccc([Si]2(c3ccccc3)c3ccccc3B3c4ccc5c(oc6ccccc65)c4Sc4cccc2c43)cc1. The minimum atomic E-state index is -2.57. The van der Waals surface area contributed by atoms with E-state index in [4.69, 9.17) is 4.42 Å². The molecular formula is C36H23BOSSi. The Kier molecular flexibility index (Phi) is 4.72. The molecule has 0 atom stereocenters. The van der Waals surface area contributed by atoms with Gasteiger partial charge in [-0.2, -0.15) is 0 Å². The average molecular weight is 543 g/mol. The smallest absolute Gasteiger partial charge is 0.244 e. The Morgan fingerprint density at radius 1 is 0.525 bits per heavy atom. The van der Waals surface area contributed by atoms with Crippen molar-refractivity contribution in [3.05, 3.63) is 140 Å². The van der Waals surface area contributed by atoms with Crippen molar-refractivity contribution < 1.29 is 4.42 Å². The first-order valence-corrected chi connectivity index (χ1v) is 16.6. The summed E-state index contributed by atoms with van der Waals surface area (Å²) in [5.41, 5.74) is 6.23. The quantitative estimate of drug-likeness (QED) is 0.303. The highest BCUT2D eigenvalue weighted by Gasteiger charge is 2.52. The predicted octanol–water partition coefficient (Wildman–Crippen LogP) is 4.26. The molecule has 0 saturated heterocycles. The second-order valence-corrected chi connectivity index (χ2v) is 15.6. The monoisotopic (exact) mass is 542 g/mol. The first-order chi connectivity index (χ1) is 19.9. The molecule has 0 radical (unpaired) electrons. The van der Waals surface area contributed by atoms with Crippen molar-refractivity contribution in [2.45, 2.75) is 9.79 Å². The van der Waals surface area contributed by atoms with Crippen LogP contribution < -0.4 is 37.1 Å². The lowest BCUT2D eigenvalue weighted by Gasteiger charge is -2.44. The molecule has 0 unspecified atom stereocenters. The van der Waals surface area contributed by atoms with E-state index in [9.17, 15) is 0 Å². The summed E-state index contributed by atoms with van der Waals surface area (Å²) >= 11 is 1.89. The fourth-order valence-corrected chi connectivity index (χ4v) is 14.0. The summed E-state index contributed by atoms with van der Waals surface area (Å²) in [5, 5.41) is 8.25. The second-order valence-electron chi connectivity index (χ2n) is 10.8. The Morgan fingerprint density at radius 2 is 1.20 bits per heavy atom. The van der Waals surface area contributed by atoms with Crippen LogP contribution in [0.3, 0.4) is 0 Å². The molecule has 2 aliphatic rings. The molecule has 7 aromatic rings. The highest BCUT2D eigenvalue weighted by molar-refractivity contribution is 8.00. The predicted molar refractivity (Wildman–Crippen MR) is 173 cm³/mol. The molecule has 4 heteroatoms. The first kappa shape index (κ1) is 22.6. The van der Waals surface area contributed by atoms with Crippen LogP contribution in [0.1, 0.15) is 0 Å². The Hall–Kier alpha value is -4.25. The Bertz CT molecular complexity index is 2060. The summed E-state index contributed by atoms with van der Waals surface area (Å²) in [6.45, 7) is 0.171. The third kappa shape index (κ3) is 2.85. The molecule has 3 heterocycles. The molecule has 1 nitrogen and oxygen atoms in total. The largest absolute Gasteiger partial charge is 0.455 e. The van der Waals surface area contributed by atoms with Gasteiger partial charge >= 0.3 is 0 Å². The van der Waals surface area contributed by atoms with Gasteiger partial charge in [0.1, 0.15) is 11.2 Å². The summed E-state index contributed by atoms with van der Waals surface area (Å²) in [4.78, 5) is 2.60. The van der Waals surface area contributed by atoms with Gasteiger partial charge in [0.25, 0.3) is 0 Å². The fraction of sp³-hybridized carbons (Fsp3) is 0. The van der Waals surface area contributed by atoms with E-state index in [1.807, 2.05) is 11.8 Å². The van der Waals surface area contributed by atoms with Crippen molar-refractivity contribution in [3.8, 4) is 0 Å². The summed E-state index contributed by atoms with van der Waals surface area (Å²) in [7, 11) is -2.57. The molecule has 0 aliphatic carbocycles. The van der Waals surface area contributed by atoms with Crippen LogP contribution in [0, 0.1) is 0 Å². The maximum Gasteiger partial charge on any atom is 0.244 e. The highest BCUT2D eigenvalue weighted by Crippen LogP contribution is 2.39. The lowest BCUT2D eigenvalue weighted by Crippen LogP contribution is -2.87. The number of hydrogen-bond acceptors (Lipinski definition) is 2. The van der Waals surface area contributed by atoms with Crippen molar-refractivity contribution in [3.63, 3.8) is 0 Å². The van der Waals surface area contributed by atoms with Gasteiger partial charge in [0, 0.05) is 15.7 Å². The topological polar surface area (TPSA) is 13.1 Å². The lowest BCUT2D eigenvalue weighted by atomic mass is 9.36. The first-order valence-electron chi connectivity index (χ1n) is 13.8. The fourth-order valence-electron chi connectivity index (χ4n) is 7.36. The molecule has 0 spiro atoms. The third-order valence-corrected chi connectivity index (χ3v) is 15.0. The van der Waals surface area contributed by atoms with Crippen LogP contribution in [0.4, 0.5) is 0 Å². The Labute approximate surface area is 238 Å². The molecule has 186 valence electrons. The number of furan rings is 1. The van der Waals surface area contributed by atoms with E-state index in [-0.39, 0.29) is 6.71 Å². The molecule has 0 fully saturated rings. The zero-order valence-electron chi connectivity index (χ0n) is 21.7. The maximum atomic E-state index is 6.56. The van der Waals surface area contributed by atoms with Crippen molar-refractivity contribution in [1.29, 1.82) is 0 Å². The average Bonchev–Trinajstić information content (AvgIpc) is 3.41. The molecule has 1 aromatic heterocycles. The van der Waals surface area contributed by atoms with Gasteiger partial charge in [-0.15, -0.1) is 0 Å². The Balaban J connectivity index is 1.42. The van der Waals surface area contributed by atoms with Gasteiger partial charge in [-0.05, 0) is 32.9 Å². The number of fused-ring (bicyclic) bond motifs is 8. The molecule has 0 bridgehead atoms. The minimum Gasteiger partial charge on any atom is -0.455 e. The van der Waals surface area contributed by atoms with E-state index in [0.717, 1.165) is 11.2 Å². The van der Waals surface area contributed by atoms with Crippen molar-refractivity contribution in [2.24, 2.45) is 0 Å². The van der Waals surface area contributed by atoms with E-state index in [1.165, 1.54) is 57.7 Å². The van der Waals surface area contributed by atoms with Crippen LogP contribution in [0.15, 0.2) is 154 Å². The van der Waals surface area contributed by atoms with Crippen LogP contribution in [0.5, 0.6) is 0 Å². The summed E-state index contributed by atoms with van der Waals surface area (Å²) < 4.78 is 6.56. The van der Waals surface area contributed by atoms with Gasteiger partial charge in [-0.1, -0.05) is 156 Å². The molecular weight excluding hydrogens is 519 g/mol. The summed E-state index contributed by atoms with van der Waals surface area (Å²) in [6, 6.07) is 51.9. The van der Waals surface area contributed by atoms with Gasteiger partial charge in [0.05, 0.1) is 4.90 Å². The zero-order chi connectivity index (χ0) is 26.3. The number of benzene rings is 6. The standard InChI is InChI=1S/C36H23BOSSi/c1-3-12-24(13-4-1)40(25-14-5-2-6-15-25)32-20-10-8-17-28(32)37-29-23-22-27-26-16-7-9-18-30(26)38-35(27)36(29)39-31-19-11-21-33(40)34(31)37/h1-23H. The minimum absolute atomic E-state index is 0.171. The maximum absolute atomic E-state index is 6.56. The van der Waals surface area contributed by atoms with Crippen molar-refractivity contribution in [1.82, 2.24) is 0 Å². The molecule has 0 N–H and O–H groups in total. The van der Waals surface area contributed by atoms with E-state index < -0.39 is 8.07 Å². The molecule has 0 amide bonds. The van der Waals surface area contributed by atoms with Crippen LogP contribution in [0.2, 0.25) is 0 Å². The van der Waals surface area contributed by atoms with E-state index >= 15 is 0 Å². The van der Waals surface area contributed by atoms with Crippen LogP contribution >= 0.6 is 11.8 Å². The summed E-state index contributed by atoms with van der Waals surface area (Å²) in [5.74, 6) is 0. The van der Waals surface area contributed by atoms with Crippen molar-refractivity contribution >= 4 is 85.6 Å². The van der Waals surface area contributed by atoms with E-state index in [2.05, 4.69) is 140 Å². The molecule has 0 saturated carbocycles. The van der Waals surface area contributed by atoms with Crippen LogP contribution in [-0.2, 0) is 0 Å². The molecule has 40 heavy (non-hydrogen) atoms.